The Kier molecular flexibility index (Phi) is 3.47. The first-order valence-corrected chi connectivity index (χ1v) is 7.23. The van der Waals surface area contributed by atoms with Crippen LogP contribution in [0.4, 0.5) is 0 Å². The number of fused-ring (bicyclic) bond motifs is 1. The van der Waals surface area contributed by atoms with Gasteiger partial charge >= 0.3 is 0 Å². The molecule has 4 heteroatoms. The molecule has 2 N–H and O–H groups in total. The average molecular weight is 280 g/mol. The summed E-state index contributed by atoms with van der Waals surface area (Å²) in [6.07, 6.45) is 3.73. The van der Waals surface area contributed by atoms with Crippen molar-refractivity contribution >= 4 is 11.0 Å². The van der Waals surface area contributed by atoms with Crippen LogP contribution in [0.3, 0.4) is 0 Å². The molecule has 0 saturated heterocycles. The van der Waals surface area contributed by atoms with Gasteiger partial charge in [-0.25, -0.2) is 4.98 Å². The summed E-state index contributed by atoms with van der Waals surface area (Å²) < 4.78 is 2.26. The summed E-state index contributed by atoms with van der Waals surface area (Å²) in [5, 5.41) is 0. The Balaban J connectivity index is 2.28. The second kappa shape index (κ2) is 5.30. The molecule has 1 aromatic carbocycles. The lowest BCUT2D eigenvalue weighted by molar-refractivity contribution is 0.624. The van der Waals surface area contributed by atoms with E-state index in [9.17, 15) is 0 Å². The Bertz CT molecular complexity index is 787. The van der Waals surface area contributed by atoms with Crippen LogP contribution in [0.2, 0.25) is 0 Å². The number of imidazole rings is 1. The molecule has 2 heterocycles. The van der Waals surface area contributed by atoms with Gasteiger partial charge in [0.05, 0.1) is 11.0 Å². The molecule has 0 atom stereocenters. The van der Waals surface area contributed by atoms with Gasteiger partial charge in [-0.1, -0.05) is 6.07 Å². The van der Waals surface area contributed by atoms with E-state index in [1.54, 1.807) is 0 Å². The summed E-state index contributed by atoms with van der Waals surface area (Å²) >= 11 is 0. The van der Waals surface area contributed by atoms with Crippen molar-refractivity contribution in [2.45, 2.75) is 33.4 Å². The van der Waals surface area contributed by atoms with Crippen LogP contribution in [0.25, 0.3) is 22.4 Å². The Morgan fingerprint density at radius 1 is 1.19 bits per heavy atom. The van der Waals surface area contributed by atoms with Gasteiger partial charge in [0.2, 0.25) is 0 Å². The van der Waals surface area contributed by atoms with E-state index in [1.165, 1.54) is 0 Å². The maximum atomic E-state index is 5.73. The van der Waals surface area contributed by atoms with E-state index in [2.05, 4.69) is 47.7 Å². The molecule has 0 aliphatic rings. The van der Waals surface area contributed by atoms with Crippen molar-refractivity contribution < 1.29 is 0 Å². The Morgan fingerprint density at radius 3 is 2.67 bits per heavy atom. The predicted octanol–water partition coefficient (Wildman–Crippen LogP) is 3.45. The molecule has 0 spiro atoms. The van der Waals surface area contributed by atoms with Crippen molar-refractivity contribution in [1.82, 2.24) is 14.5 Å². The Hall–Kier alpha value is -2.20. The number of hydrogen-bond donors (Lipinski definition) is 1. The highest BCUT2D eigenvalue weighted by Crippen LogP contribution is 2.28. The molecule has 3 aromatic rings. The zero-order valence-electron chi connectivity index (χ0n) is 12.7. The molecule has 0 aliphatic heterocycles. The molecule has 2 aromatic heterocycles. The van der Waals surface area contributed by atoms with Crippen LogP contribution in [0.5, 0.6) is 0 Å². The normalized spacial score (nSPS) is 11.5. The molecule has 0 saturated carbocycles. The molecule has 0 fully saturated rings. The van der Waals surface area contributed by atoms with Crippen LogP contribution >= 0.6 is 0 Å². The zero-order chi connectivity index (χ0) is 15.0. The fourth-order valence-corrected chi connectivity index (χ4v) is 2.67. The SMILES string of the molecule is Cc1cncc(-c2nc3cc(CN)ccc3n2C(C)C)c1. The highest BCUT2D eigenvalue weighted by molar-refractivity contribution is 5.81. The number of benzene rings is 1. The summed E-state index contributed by atoms with van der Waals surface area (Å²) in [6.45, 7) is 6.92. The zero-order valence-corrected chi connectivity index (χ0v) is 12.7. The lowest BCUT2D eigenvalue weighted by Gasteiger charge is -2.13. The molecule has 4 nitrogen and oxygen atoms in total. The summed E-state index contributed by atoms with van der Waals surface area (Å²) in [7, 11) is 0. The summed E-state index contributed by atoms with van der Waals surface area (Å²) in [5.41, 5.74) is 11.1. The van der Waals surface area contributed by atoms with Crippen LogP contribution < -0.4 is 5.73 Å². The maximum absolute atomic E-state index is 5.73. The topological polar surface area (TPSA) is 56.7 Å². The van der Waals surface area contributed by atoms with Crippen LogP contribution in [-0.2, 0) is 6.54 Å². The minimum atomic E-state index is 0.328. The van der Waals surface area contributed by atoms with Crippen LogP contribution in [0.1, 0.15) is 31.0 Å². The lowest BCUT2D eigenvalue weighted by Crippen LogP contribution is -2.03. The second-order valence-corrected chi connectivity index (χ2v) is 5.68. The fraction of sp³-hybridized carbons (Fsp3) is 0.294. The van der Waals surface area contributed by atoms with Gasteiger partial charge in [0.15, 0.2) is 0 Å². The summed E-state index contributed by atoms with van der Waals surface area (Å²) in [5.74, 6) is 0.963. The molecule has 21 heavy (non-hydrogen) atoms. The molecule has 108 valence electrons. The first kappa shape index (κ1) is 13.8. The third kappa shape index (κ3) is 2.43. The van der Waals surface area contributed by atoms with Gasteiger partial charge in [0.25, 0.3) is 0 Å². The number of rotatable bonds is 3. The van der Waals surface area contributed by atoms with Crippen molar-refractivity contribution in [2.24, 2.45) is 5.73 Å². The number of aromatic nitrogens is 3. The number of pyridine rings is 1. The van der Waals surface area contributed by atoms with E-state index < -0.39 is 0 Å². The van der Waals surface area contributed by atoms with E-state index in [0.29, 0.717) is 12.6 Å². The molecular weight excluding hydrogens is 260 g/mol. The van der Waals surface area contributed by atoms with Gasteiger partial charge in [0, 0.05) is 30.5 Å². The number of nitrogens with zero attached hydrogens (tertiary/aromatic N) is 3. The molecule has 0 amide bonds. The minimum Gasteiger partial charge on any atom is -0.326 e. The first-order valence-electron chi connectivity index (χ1n) is 7.23. The first-order chi connectivity index (χ1) is 10.1. The number of hydrogen-bond acceptors (Lipinski definition) is 3. The van der Waals surface area contributed by atoms with Crippen molar-refractivity contribution in [2.75, 3.05) is 0 Å². The van der Waals surface area contributed by atoms with Crippen molar-refractivity contribution in [3.8, 4) is 11.4 Å². The third-order valence-corrected chi connectivity index (χ3v) is 3.64. The van der Waals surface area contributed by atoms with E-state index in [0.717, 1.165) is 33.5 Å². The van der Waals surface area contributed by atoms with Crippen molar-refractivity contribution in [3.05, 3.63) is 47.8 Å². The van der Waals surface area contributed by atoms with Gasteiger partial charge in [-0.3, -0.25) is 4.98 Å². The Labute approximate surface area is 124 Å². The van der Waals surface area contributed by atoms with E-state index in [4.69, 9.17) is 10.7 Å². The number of nitrogens with two attached hydrogens (primary N) is 1. The van der Waals surface area contributed by atoms with Gasteiger partial charge in [-0.05, 0) is 50.1 Å². The average Bonchev–Trinajstić information content (AvgIpc) is 2.85. The standard InChI is InChI=1S/C17H20N4/c1-11(2)21-16-5-4-13(8-18)7-15(16)20-17(21)14-6-12(3)9-19-10-14/h4-7,9-11H,8,18H2,1-3H3. The maximum Gasteiger partial charge on any atom is 0.142 e. The van der Waals surface area contributed by atoms with Crippen LogP contribution in [-0.4, -0.2) is 14.5 Å². The highest BCUT2D eigenvalue weighted by Gasteiger charge is 2.15. The number of aryl methyl sites for hydroxylation is 1. The monoisotopic (exact) mass is 280 g/mol. The quantitative estimate of drug-likeness (QED) is 0.799. The minimum absolute atomic E-state index is 0.328. The second-order valence-electron chi connectivity index (χ2n) is 5.68. The predicted molar refractivity (Wildman–Crippen MR) is 86.0 cm³/mol. The van der Waals surface area contributed by atoms with Crippen molar-refractivity contribution in [1.29, 1.82) is 0 Å². The van der Waals surface area contributed by atoms with E-state index in [1.807, 2.05) is 19.3 Å². The molecule has 0 aliphatic carbocycles. The molecule has 0 unspecified atom stereocenters. The lowest BCUT2D eigenvalue weighted by atomic mass is 10.2. The van der Waals surface area contributed by atoms with Gasteiger partial charge < -0.3 is 10.3 Å². The molecular formula is C17H20N4. The van der Waals surface area contributed by atoms with E-state index in [-0.39, 0.29) is 0 Å². The van der Waals surface area contributed by atoms with Crippen LogP contribution in [0.15, 0.2) is 36.7 Å². The highest BCUT2D eigenvalue weighted by atomic mass is 15.1. The molecule has 0 radical (unpaired) electrons. The molecule has 3 rings (SSSR count). The summed E-state index contributed by atoms with van der Waals surface area (Å²) in [6, 6.07) is 8.70. The fourth-order valence-electron chi connectivity index (χ4n) is 2.67. The van der Waals surface area contributed by atoms with Gasteiger partial charge in [0.1, 0.15) is 5.82 Å². The smallest absolute Gasteiger partial charge is 0.142 e. The van der Waals surface area contributed by atoms with Crippen molar-refractivity contribution in [3.63, 3.8) is 0 Å². The van der Waals surface area contributed by atoms with Gasteiger partial charge in [-0.2, -0.15) is 0 Å². The third-order valence-electron chi connectivity index (χ3n) is 3.64. The van der Waals surface area contributed by atoms with Gasteiger partial charge in [-0.15, -0.1) is 0 Å². The van der Waals surface area contributed by atoms with Crippen LogP contribution in [0, 0.1) is 6.92 Å². The Morgan fingerprint density at radius 2 is 2.00 bits per heavy atom. The molecule has 0 bridgehead atoms. The summed E-state index contributed by atoms with van der Waals surface area (Å²) in [4.78, 5) is 9.11. The van der Waals surface area contributed by atoms with E-state index >= 15 is 0 Å². The largest absolute Gasteiger partial charge is 0.326 e.